The van der Waals surface area contributed by atoms with E-state index in [2.05, 4.69) is 21.3 Å². The third-order valence-electron chi connectivity index (χ3n) is 5.71. The Morgan fingerprint density at radius 2 is 1.38 bits per heavy atom. The minimum absolute atomic E-state index is 0.0596. The van der Waals surface area contributed by atoms with Crippen LogP contribution in [-0.2, 0) is 4.79 Å². The molecule has 8 nitrogen and oxygen atoms in total. The second-order valence-electron chi connectivity index (χ2n) is 8.52. The Labute approximate surface area is 187 Å². The predicted molar refractivity (Wildman–Crippen MR) is 125 cm³/mol. The quantitative estimate of drug-likeness (QED) is 0.567. The minimum Gasteiger partial charge on any atom is -0.353 e. The van der Waals surface area contributed by atoms with Gasteiger partial charge in [-0.25, -0.2) is 9.59 Å². The molecule has 1 aliphatic carbocycles. The van der Waals surface area contributed by atoms with Crippen LogP contribution in [0.25, 0.3) is 0 Å². The molecule has 1 unspecified atom stereocenters. The van der Waals surface area contributed by atoms with E-state index in [0.29, 0.717) is 36.2 Å². The van der Waals surface area contributed by atoms with Gasteiger partial charge in [-0.3, -0.25) is 4.79 Å². The summed E-state index contributed by atoms with van der Waals surface area (Å²) in [7, 11) is 0. The van der Waals surface area contributed by atoms with Crippen LogP contribution in [0.4, 0.5) is 26.7 Å². The van der Waals surface area contributed by atoms with Crippen LogP contribution >= 0.6 is 0 Å². The number of nitrogens with zero attached hydrogens (tertiary/aromatic N) is 1. The Hall–Kier alpha value is -3.55. The van der Waals surface area contributed by atoms with E-state index in [0.717, 1.165) is 31.2 Å². The number of hydrogen-bond donors (Lipinski definition) is 4. The van der Waals surface area contributed by atoms with Crippen LogP contribution in [0.2, 0.25) is 0 Å². The fourth-order valence-corrected chi connectivity index (χ4v) is 3.69. The van der Waals surface area contributed by atoms with E-state index in [1.54, 1.807) is 29.2 Å². The number of carbonyl (C=O) groups excluding carboxylic acids is 3. The van der Waals surface area contributed by atoms with Gasteiger partial charge in [-0.2, -0.15) is 0 Å². The molecular formula is C24H29N5O3. The molecule has 1 saturated heterocycles. The van der Waals surface area contributed by atoms with Crippen molar-refractivity contribution in [3.63, 3.8) is 0 Å². The highest BCUT2D eigenvalue weighted by molar-refractivity contribution is 6.00. The summed E-state index contributed by atoms with van der Waals surface area (Å²) in [5, 5.41) is 11.5. The van der Waals surface area contributed by atoms with Crippen LogP contribution in [-0.4, -0.2) is 42.0 Å². The van der Waals surface area contributed by atoms with Crippen molar-refractivity contribution >= 4 is 35.0 Å². The molecule has 32 heavy (non-hydrogen) atoms. The first kappa shape index (κ1) is 21.7. The lowest BCUT2D eigenvalue weighted by atomic mass is 9.97. The predicted octanol–water partition coefficient (Wildman–Crippen LogP) is 4.16. The number of urea groups is 2. The van der Waals surface area contributed by atoms with Crippen LogP contribution in [0.3, 0.4) is 0 Å². The molecular weight excluding hydrogens is 406 g/mol. The number of piperidine rings is 1. The third-order valence-corrected chi connectivity index (χ3v) is 5.71. The molecule has 0 radical (unpaired) electrons. The fourth-order valence-electron chi connectivity index (χ4n) is 3.69. The first-order chi connectivity index (χ1) is 15.5. The summed E-state index contributed by atoms with van der Waals surface area (Å²) in [4.78, 5) is 38.8. The number of amides is 5. The van der Waals surface area contributed by atoms with Crippen molar-refractivity contribution in [3.8, 4) is 0 Å². The lowest BCUT2D eigenvalue weighted by molar-refractivity contribution is -0.126. The van der Waals surface area contributed by atoms with Gasteiger partial charge in [-0.05, 0) is 69.0 Å². The van der Waals surface area contributed by atoms with Gasteiger partial charge in [-0.15, -0.1) is 0 Å². The molecule has 2 aromatic rings. The van der Waals surface area contributed by atoms with Gasteiger partial charge in [0.2, 0.25) is 5.91 Å². The number of hydrogen-bond acceptors (Lipinski definition) is 3. The summed E-state index contributed by atoms with van der Waals surface area (Å²) in [5.74, 6) is -0.0851. The Balaban J connectivity index is 1.26. The van der Waals surface area contributed by atoms with Crippen LogP contribution in [0.5, 0.6) is 0 Å². The number of benzene rings is 2. The number of likely N-dealkylation sites (tertiary alicyclic amines) is 1. The summed E-state index contributed by atoms with van der Waals surface area (Å²) in [6.07, 6.45) is 3.74. The average Bonchev–Trinajstić information content (AvgIpc) is 3.61. The fraction of sp³-hybridized carbons (Fsp3) is 0.375. The number of carbonyl (C=O) groups is 3. The Morgan fingerprint density at radius 3 is 1.97 bits per heavy atom. The maximum absolute atomic E-state index is 12.7. The van der Waals surface area contributed by atoms with Gasteiger partial charge in [0.1, 0.15) is 0 Å². The van der Waals surface area contributed by atoms with Crippen molar-refractivity contribution in [2.45, 2.75) is 38.6 Å². The average molecular weight is 436 g/mol. The SMILES string of the molecule is Cc1ccc(NC(=O)Nc2ccc(NC(=O)N3CCCC(C(=O)NC4CC4)C3)cc2)cc1. The van der Waals surface area contributed by atoms with Crippen molar-refractivity contribution in [2.24, 2.45) is 5.92 Å². The molecule has 1 atom stereocenters. The molecule has 5 amide bonds. The number of rotatable bonds is 5. The Morgan fingerprint density at radius 1 is 0.812 bits per heavy atom. The second-order valence-corrected chi connectivity index (χ2v) is 8.52. The van der Waals surface area contributed by atoms with Gasteiger partial charge >= 0.3 is 12.1 Å². The first-order valence-electron chi connectivity index (χ1n) is 11.1. The van der Waals surface area contributed by atoms with Crippen molar-refractivity contribution in [1.29, 1.82) is 0 Å². The summed E-state index contributed by atoms with van der Waals surface area (Å²) < 4.78 is 0. The molecule has 2 fully saturated rings. The molecule has 0 aromatic heterocycles. The lowest BCUT2D eigenvalue weighted by Gasteiger charge is -2.32. The molecule has 0 bridgehead atoms. The van der Waals surface area contributed by atoms with E-state index in [-0.39, 0.29) is 23.9 Å². The van der Waals surface area contributed by atoms with Gasteiger partial charge in [0.15, 0.2) is 0 Å². The zero-order valence-corrected chi connectivity index (χ0v) is 18.2. The van der Waals surface area contributed by atoms with Gasteiger partial charge in [0.05, 0.1) is 5.92 Å². The summed E-state index contributed by atoms with van der Waals surface area (Å²) >= 11 is 0. The van der Waals surface area contributed by atoms with Gasteiger partial charge in [0, 0.05) is 36.2 Å². The Bertz CT molecular complexity index is 970. The monoisotopic (exact) mass is 435 g/mol. The van der Waals surface area contributed by atoms with Crippen molar-refractivity contribution in [1.82, 2.24) is 10.2 Å². The van der Waals surface area contributed by atoms with E-state index >= 15 is 0 Å². The smallest absolute Gasteiger partial charge is 0.323 e. The third kappa shape index (κ3) is 6.00. The van der Waals surface area contributed by atoms with E-state index in [4.69, 9.17) is 0 Å². The molecule has 4 rings (SSSR count). The van der Waals surface area contributed by atoms with Crippen molar-refractivity contribution < 1.29 is 14.4 Å². The van der Waals surface area contributed by atoms with Crippen LogP contribution in [0, 0.1) is 12.8 Å². The molecule has 168 valence electrons. The Kier molecular flexibility index (Phi) is 6.58. The second kappa shape index (κ2) is 9.72. The number of nitrogens with one attached hydrogen (secondary N) is 4. The summed E-state index contributed by atoms with van der Waals surface area (Å²) in [6, 6.07) is 14.2. The lowest BCUT2D eigenvalue weighted by Crippen LogP contribution is -2.47. The summed E-state index contributed by atoms with van der Waals surface area (Å²) in [6.45, 7) is 3.06. The van der Waals surface area contributed by atoms with E-state index < -0.39 is 0 Å². The molecule has 2 aliphatic rings. The highest BCUT2D eigenvalue weighted by atomic mass is 16.2. The van der Waals surface area contributed by atoms with Crippen LogP contribution in [0.1, 0.15) is 31.2 Å². The van der Waals surface area contributed by atoms with Gasteiger partial charge < -0.3 is 26.2 Å². The molecule has 8 heteroatoms. The van der Waals surface area contributed by atoms with Crippen molar-refractivity contribution in [3.05, 3.63) is 54.1 Å². The molecule has 1 aliphatic heterocycles. The molecule has 4 N–H and O–H groups in total. The van der Waals surface area contributed by atoms with E-state index in [1.807, 2.05) is 31.2 Å². The highest BCUT2D eigenvalue weighted by Crippen LogP contribution is 2.23. The van der Waals surface area contributed by atoms with Gasteiger partial charge in [-0.1, -0.05) is 17.7 Å². The molecule has 2 aromatic carbocycles. The normalized spacial score (nSPS) is 17.9. The molecule has 1 heterocycles. The largest absolute Gasteiger partial charge is 0.353 e. The topological polar surface area (TPSA) is 103 Å². The maximum Gasteiger partial charge on any atom is 0.323 e. The van der Waals surface area contributed by atoms with E-state index in [9.17, 15) is 14.4 Å². The minimum atomic E-state index is -0.338. The number of anilines is 3. The van der Waals surface area contributed by atoms with Gasteiger partial charge in [0.25, 0.3) is 0 Å². The highest BCUT2D eigenvalue weighted by Gasteiger charge is 2.31. The zero-order valence-electron chi connectivity index (χ0n) is 18.2. The number of aryl methyl sites for hydroxylation is 1. The maximum atomic E-state index is 12.7. The molecule has 1 saturated carbocycles. The van der Waals surface area contributed by atoms with Crippen LogP contribution < -0.4 is 21.3 Å². The summed E-state index contributed by atoms with van der Waals surface area (Å²) in [5.41, 5.74) is 3.07. The molecule has 0 spiro atoms. The standard InChI is InChI=1S/C24H29N5O3/c1-16-4-6-19(7-5-16)26-23(31)27-20-10-12-21(13-11-20)28-24(32)29-14-2-3-17(15-29)22(30)25-18-8-9-18/h4-7,10-13,17-18H,2-3,8-9,14-15H2,1H3,(H,25,30)(H,28,32)(H2,26,27,31). The van der Waals surface area contributed by atoms with Crippen molar-refractivity contribution in [2.75, 3.05) is 29.0 Å². The zero-order chi connectivity index (χ0) is 22.5. The first-order valence-corrected chi connectivity index (χ1v) is 11.1. The van der Waals surface area contributed by atoms with E-state index in [1.165, 1.54) is 0 Å². The van der Waals surface area contributed by atoms with Crippen LogP contribution in [0.15, 0.2) is 48.5 Å².